The number of rotatable bonds is 5. The van der Waals surface area contributed by atoms with Crippen LogP contribution in [0.3, 0.4) is 0 Å². The second-order valence-corrected chi connectivity index (χ2v) is 4.55. The zero-order valence-corrected chi connectivity index (χ0v) is 10.5. The second-order valence-electron chi connectivity index (χ2n) is 2.75. The summed E-state index contributed by atoms with van der Waals surface area (Å²) in [6.07, 6.45) is 0. The predicted molar refractivity (Wildman–Crippen MR) is 66.5 cm³/mol. The molecule has 0 aliphatic carbocycles. The molecule has 0 saturated carbocycles. The van der Waals surface area contributed by atoms with E-state index in [0.29, 0.717) is 6.61 Å². The third-order valence-corrected chi connectivity index (χ3v) is 2.90. The van der Waals surface area contributed by atoms with Gasteiger partial charge in [-0.15, -0.1) is 0 Å². The highest BCUT2D eigenvalue weighted by molar-refractivity contribution is 9.09. The zero-order valence-electron chi connectivity index (χ0n) is 8.13. The van der Waals surface area contributed by atoms with Gasteiger partial charge in [-0.05, 0) is 30.0 Å². The number of halogens is 1. The molecule has 0 fully saturated rings. The van der Waals surface area contributed by atoms with Crippen LogP contribution in [-0.4, -0.2) is 11.9 Å². The van der Waals surface area contributed by atoms with E-state index in [4.69, 9.17) is 4.74 Å². The molecular formula is C11H13BrOS. The van der Waals surface area contributed by atoms with Crippen molar-refractivity contribution in [3.8, 4) is 5.75 Å². The Morgan fingerprint density at radius 1 is 1.57 bits per heavy atom. The highest BCUT2D eigenvalue weighted by Crippen LogP contribution is 2.27. The standard InChI is InChI=1S/C11H13BrOS/c1-3-14-11-8-10(13-7-6-12)5-4-9(11)2/h3-5,8H,1,6-7H2,2H3. The maximum absolute atomic E-state index is 5.50. The normalized spacial score (nSPS) is 9.86. The molecule has 0 radical (unpaired) electrons. The first-order valence-electron chi connectivity index (χ1n) is 4.35. The fourth-order valence-electron chi connectivity index (χ4n) is 1.04. The molecule has 76 valence electrons. The van der Waals surface area contributed by atoms with Gasteiger partial charge in [0.15, 0.2) is 0 Å². The first-order chi connectivity index (χ1) is 6.77. The molecule has 0 unspecified atom stereocenters. The van der Waals surface area contributed by atoms with Crippen molar-refractivity contribution >= 4 is 27.7 Å². The largest absolute Gasteiger partial charge is 0.493 e. The number of benzene rings is 1. The maximum Gasteiger partial charge on any atom is 0.120 e. The van der Waals surface area contributed by atoms with E-state index in [1.165, 1.54) is 10.5 Å². The Bertz CT molecular complexity index is 312. The van der Waals surface area contributed by atoms with Crippen LogP contribution in [0.2, 0.25) is 0 Å². The first-order valence-corrected chi connectivity index (χ1v) is 6.35. The van der Waals surface area contributed by atoms with Crippen LogP contribution in [0.25, 0.3) is 0 Å². The Labute approximate surface area is 97.7 Å². The van der Waals surface area contributed by atoms with Crippen LogP contribution in [0.4, 0.5) is 0 Å². The molecule has 0 saturated heterocycles. The van der Waals surface area contributed by atoms with Gasteiger partial charge in [0.1, 0.15) is 5.75 Å². The molecule has 0 bridgehead atoms. The number of hydrogen-bond acceptors (Lipinski definition) is 2. The van der Waals surface area contributed by atoms with Crippen molar-refractivity contribution in [1.29, 1.82) is 0 Å². The molecule has 0 spiro atoms. The summed E-state index contributed by atoms with van der Waals surface area (Å²) < 4.78 is 5.50. The third-order valence-electron chi connectivity index (χ3n) is 1.72. The fraction of sp³-hybridized carbons (Fsp3) is 0.273. The SMILES string of the molecule is C=CSc1cc(OCCBr)ccc1C. The number of hydrogen-bond donors (Lipinski definition) is 0. The lowest BCUT2D eigenvalue weighted by Gasteiger charge is -2.07. The third kappa shape index (κ3) is 3.39. The van der Waals surface area contributed by atoms with E-state index < -0.39 is 0 Å². The lowest BCUT2D eigenvalue weighted by atomic mass is 10.2. The minimum absolute atomic E-state index is 0.696. The van der Waals surface area contributed by atoms with E-state index in [1.54, 1.807) is 11.8 Å². The predicted octanol–water partition coefficient (Wildman–Crippen LogP) is 4.00. The average Bonchev–Trinajstić information content (AvgIpc) is 2.19. The molecule has 0 amide bonds. The zero-order chi connectivity index (χ0) is 10.4. The van der Waals surface area contributed by atoms with Crippen LogP contribution in [0.1, 0.15) is 5.56 Å². The Hall–Kier alpha value is -0.410. The lowest BCUT2D eigenvalue weighted by molar-refractivity contribution is 0.344. The van der Waals surface area contributed by atoms with Gasteiger partial charge in [-0.25, -0.2) is 0 Å². The van der Waals surface area contributed by atoms with Gasteiger partial charge < -0.3 is 4.74 Å². The van der Waals surface area contributed by atoms with Crippen LogP contribution < -0.4 is 4.74 Å². The van der Waals surface area contributed by atoms with Gasteiger partial charge in [-0.2, -0.15) is 0 Å². The molecule has 0 aromatic heterocycles. The van der Waals surface area contributed by atoms with E-state index in [1.807, 2.05) is 17.5 Å². The number of thioether (sulfide) groups is 1. The summed E-state index contributed by atoms with van der Waals surface area (Å²) in [7, 11) is 0. The van der Waals surface area contributed by atoms with E-state index in [0.717, 1.165) is 11.1 Å². The summed E-state index contributed by atoms with van der Waals surface area (Å²) in [4.78, 5) is 1.20. The number of alkyl halides is 1. The van der Waals surface area contributed by atoms with Crippen LogP contribution in [-0.2, 0) is 0 Å². The average molecular weight is 273 g/mol. The van der Waals surface area contributed by atoms with Crippen molar-refractivity contribution < 1.29 is 4.74 Å². The van der Waals surface area contributed by atoms with Gasteiger partial charge >= 0.3 is 0 Å². The summed E-state index contributed by atoms with van der Waals surface area (Å²) in [5.74, 6) is 0.916. The molecule has 0 heterocycles. The van der Waals surface area contributed by atoms with Gasteiger partial charge in [-0.1, -0.05) is 40.3 Å². The summed E-state index contributed by atoms with van der Waals surface area (Å²) in [6.45, 7) is 6.48. The lowest BCUT2D eigenvalue weighted by Crippen LogP contribution is -1.97. The first kappa shape index (κ1) is 11.7. The smallest absolute Gasteiger partial charge is 0.120 e. The van der Waals surface area contributed by atoms with Crippen molar-refractivity contribution in [3.05, 3.63) is 35.7 Å². The summed E-state index contributed by atoms with van der Waals surface area (Å²) in [5, 5.41) is 2.68. The highest BCUT2D eigenvalue weighted by Gasteiger charge is 2.00. The Kier molecular flexibility index (Phi) is 5.12. The quantitative estimate of drug-likeness (QED) is 0.592. The summed E-state index contributed by atoms with van der Waals surface area (Å²) in [6, 6.07) is 6.10. The van der Waals surface area contributed by atoms with E-state index in [9.17, 15) is 0 Å². The molecule has 0 atom stereocenters. The van der Waals surface area contributed by atoms with Crippen LogP contribution >= 0.6 is 27.7 Å². The van der Waals surface area contributed by atoms with Gasteiger partial charge in [0.2, 0.25) is 0 Å². The van der Waals surface area contributed by atoms with Crippen molar-refractivity contribution in [2.24, 2.45) is 0 Å². The molecule has 1 aromatic rings. The molecular weight excluding hydrogens is 260 g/mol. The molecule has 3 heteroatoms. The summed E-state index contributed by atoms with van der Waals surface area (Å²) >= 11 is 4.95. The molecule has 14 heavy (non-hydrogen) atoms. The van der Waals surface area contributed by atoms with Crippen LogP contribution in [0, 0.1) is 6.92 Å². The van der Waals surface area contributed by atoms with Crippen molar-refractivity contribution in [2.45, 2.75) is 11.8 Å². The van der Waals surface area contributed by atoms with Gasteiger partial charge in [-0.3, -0.25) is 0 Å². The van der Waals surface area contributed by atoms with Crippen molar-refractivity contribution in [2.75, 3.05) is 11.9 Å². The van der Waals surface area contributed by atoms with E-state index >= 15 is 0 Å². The summed E-state index contributed by atoms with van der Waals surface area (Å²) in [5.41, 5.74) is 1.25. The van der Waals surface area contributed by atoms with Crippen molar-refractivity contribution in [3.63, 3.8) is 0 Å². The molecule has 1 nitrogen and oxygen atoms in total. The van der Waals surface area contributed by atoms with Crippen molar-refractivity contribution in [1.82, 2.24) is 0 Å². The van der Waals surface area contributed by atoms with E-state index in [2.05, 4.69) is 35.5 Å². The monoisotopic (exact) mass is 272 g/mol. The van der Waals surface area contributed by atoms with Gasteiger partial charge in [0.05, 0.1) is 6.61 Å². The molecule has 0 N–H and O–H groups in total. The number of aryl methyl sites for hydroxylation is 1. The minimum Gasteiger partial charge on any atom is -0.493 e. The topological polar surface area (TPSA) is 9.23 Å². The second kappa shape index (κ2) is 6.14. The van der Waals surface area contributed by atoms with Gasteiger partial charge in [0.25, 0.3) is 0 Å². The molecule has 0 aliphatic heterocycles. The van der Waals surface area contributed by atoms with Crippen LogP contribution in [0.5, 0.6) is 5.75 Å². The number of ether oxygens (including phenoxy) is 1. The molecule has 0 aliphatic rings. The van der Waals surface area contributed by atoms with Crippen LogP contribution in [0.15, 0.2) is 35.1 Å². The maximum atomic E-state index is 5.50. The van der Waals surface area contributed by atoms with Gasteiger partial charge in [0, 0.05) is 10.2 Å². The Morgan fingerprint density at radius 3 is 3.00 bits per heavy atom. The molecule has 1 rings (SSSR count). The molecule has 1 aromatic carbocycles. The Morgan fingerprint density at radius 2 is 2.36 bits per heavy atom. The minimum atomic E-state index is 0.696. The Balaban J connectivity index is 2.77. The highest BCUT2D eigenvalue weighted by atomic mass is 79.9. The fourth-order valence-corrected chi connectivity index (χ4v) is 1.82. The van der Waals surface area contributed by atoms with E-state index in [-0.39, 0.29) is 0 Å².